The highest BCUT2D eigenvalue weighted by atomic mass is 15.2. The first-order chi connectivity index (χ1) is 7.59. The number of aryl methyl sites for hydroxylation is 1. The Balaban J connectivity index is 2.38. The normalized spacial score (nSPS) is 11.4. The van der Waals surface area contributed by atoms with Crippen molar-refractivity contribution in [1.29, 1.82) is 0 Å². The largest absolute Gasteiger partial charge is 0.355 e. The maximum atomic E-state index is 4.34. The maximum Gasteiger partial charge on any atom is 0.202 e. The molecule has 0 aliphatic carbocycles. The van der Waals surface area contributed by atoms with Gasteiger partial charge in [-0.3, -0.25) is 0 Å². The van der Waals surface area contributed by atoms with Crippen molar-refractivity contribution >= 4 is 5.95 Å². The van der Waals surface area contributed by atoms with E-state index in [0.29, 0.717) is 5.92 Å². The van der Waals surface area contributed by atoms with Crippen molar-refractivity contribution in [2.45, 2.75) is 47.1 Å². The molecular weight excluding hydrogens is 198 g/mol. The van der Waals surface area contributed by atoms with Crippen molar-refractivity contribution in [1.82, 2.24) is 9.55 Å². The van der Waals surface area contributed by atoms with Gasteiger partial charge >= 0.3 is 0 Å². The van der Waals surface area contributed by atoms with Crippen LogP contribution in [0.5, 0.6) is 0 Å². The zero-order valence-corrected chi connectivity index (χ0v) is 11.0. The van der Waals surface area contributed by atoms with Crippen LogP contribution in [0.3, 0.4) is 0 Å². The fourth-order valence-corrected chi connectivity index (χ4v) is 1.62. The summed E-state index contributed by atoms with van der Waals surface area (Å²) in [5.74, 6) is 2.45. The number of aromatic nitrogens is 2. The van der Waals surface area contributed by atoms with Gasteiger partial charge in [0.15, 0.2) is 0 Å². The number of imidazole rings is 1. The van der Waals surface area contributed by atoms with Gasteiger partial charge in [-0.2, -0.15) is 0 Å². The van der Waals surface area contributed by atoms with Crippen molar-refractivity contribution in [2.24, 2.45) is 11.8 Å². The maximum absolute atomic E-state index is 4.34. The summed E-state index contributed by atoms with van der Waals surface area (Å²) < 4.78 is 2.21. The second kappa shape index (κ2) is 6.56. The number of nitrogens with zero attached hydrogens (tertiary/aromatic N) is 2. The predicted octanol–water partition coefficient (Wildman–Crippen LogP) is 3.39. The smallest absolute Gasteiger partial charge is 0.202 e. The van der Waals surface area contributed by atoms with E-state index >= 15 is 0 Å². The summed E-state index contributed by atoms with van der Waals surface area (Å²) in [4.78, 5) is 4.34. The van der Waals surface area contributed by atoms with Crippen LogP contribution in [0.25, 0.3) is 0 Å². The van der Waals surface area contributed by atoms with Crippen LogP contribution in [0, 0.1) is 11.8 Å². The van der Waals surface area contributed by atoms with E-state index in [9.17, 15) is 0 Å². The zero-order chi connectivity index (χ0) is 12.0. The van der Waals surface area contributed by atoms with E-state index in [1.54, 1.807) is 0 Å². The van der Waals surface area contributed by atoms with E-state index in [-0.39, 0.29) is 0 Å². The Labute approximate surface area is 99.3 Å². The molecule has 0 saturated carbocycles. The highest BCUT2D eigenvalue weighted by Gasteiger charge is 2.03. The molecule has 0 bridgehead atoms. The van der Waals surface area contributed by atoms with Crippen LogP contribution < -0.4 is 5.32 Å². The number of hydrogen-bond donors (Lipinski definition) is 1. The van der Waals surface area contributed by atoms with Crippen LogP contribution >= 0.6 is 0 Å². The molecule has 16 heavy (non-hydrogen) atoms. The van der Waals surface area contributed by atoms with Gasteiger partial charge in [-0.1, -0.05) is 27.7 Å². The van der Waals surface area contributed by atoms with Gasteiger partial charge in [0.2, 0.25) is 5.95 Å². The summed E-state index contributed by atoms with van der Waals surface area (Å²) in [5.41, 5.74) is 0. The second-order valence-electron chi connectivity index (χ2n) is 5.26. The van der Waals surface area contributed by atoms with Gasteiger partial charge in [0.1, 0.15) is 0 Å². The van der Waals surface area contributed by atoms with E-state index in [2.05, 4.69) is 48.8 Å². The van der Waals surface area contributed by atoms with E-state index in [1.165, 1.54) is 12.8 Å². The van der Waals surface area contributed by atoms with Gasteiger partial charge in [0, 0.05) is 25.5 Å². The first-order valence-corrected chi connectivity index (χ1v) is 6.34. The van der Waals surface area contributed by atoms with Crippen molar-refractivity contribution in [3.05, 3.63) is 12.4 Å². The summed E-state index contributed by atoms with van der Waals surface area (Å²) in [5, 5.41) is 3.38. The third-order valence-corrected chi connectivity index (χ3v) is 2.56. The molecule has 0 aromatic carbocycles. The predicted molar refractivity (Wildman–Crippen MR) is 69.6 cm³/mol. The van der Waals surface area contributed by atoms with E-state index in [4.69, 9.17) is 0 Å². The molecule has 0 radical (unpaired) electrons. The summed E-state index contributed by atoms with van der Waals surface area (Å²) in [7, 11) is 0. The Hall–Kier alpha value is -0.990. The third kappa shape index (κ3) is 4.69. The highest BCUT2D eigenvalue weighted by Crippen LogP contribution is 2.10. The van der Waals surface area contributed by atoms with Gasteiger partial charge in [0.05, 0.1) is 0 Å². The number of rotatable bonds is 7. The molecule has 1 heterocycles. The number of nitrogens with one attached hydrogen (secondary N) is 1. The van der Waals surface area contributed by atoms with Crippen LogP contribution in [0.1, 0.15) is 40.5 Å². The monoisotopic (exact) mass is 223 g/mol. The number of hydrogen-bond acceptors (Lipinski definition) is 2. The molecule has 0 atom stereocenters. The van der Waals surface area contributed by atoms with Crippen LogP contribution in [0.15, 0.2) is 12.4 Å². The lowest BCUT2D eigenvalue weighted by molar-refractivity contribution is 0.513. The average molecular weight is 223 g/mol. The van der Waals surface area contributed by atoms with Crippen LogP contribution in [-0.2, 0) is 6.54 Å². The van der Waals surface area contributed by atoms with Gasteiger partial charge in [0.25, 0.3) is 0 Å². The molecule has 1 aromatic rings. The van der Waals surface area contributed by atoms with Crippen LogP contribution in [0.4, 0.5) is 5.95 Å². The minimum Gasteiger partial charge on any atom is -0.355 e. The second-order valence-corrected chi connectivity index (χ2v) is 5.26. The molecule has 0 aliphatic rings. The average Bonchev–Trinajstić information content (AvgIpc) is 2.62. The highest BCUT2D eigenvalue weighted by molar-refractivity contribution is 5.25. The van der Waals surface area contributed by atoms with Crippen molar-refractivity contribution in [3.63, 3.8) is 0 Å². The first-order valence-electron chi connectivity index (χ1n) is 6.34. The zero-order valence-electron chi connectivity index (χ0n) is 11.0. The summed E-state index contributed by atoms with van der Waals surface area (Å²) in [6.45, 7) is 11.0. The Morgan fingerprint density at radius 1 is 1.25 bits per heavy atom. The molecule has 0 amide bonds. The lowest BCUT2D eigenvalue weighted by atomic mass is 10.1. The van der Waals surface area contributed by atoms with Gasteiger partial charge in [-0.25, -0.2) is 4.98 Å². The van der Waals surface area contributed by atoms with Gasteiger partial charge < -0.3 is 9.88 Å². The summed E-state index contributed by atoms with van der Waals surface area (Å²) >= 11 is 0. The SMILES string of the molecule is CC(C)CCCn1ccnc1NCC(C)C. The Bertz CT molecular complexity index is 289. The third-order valence-electron chi connectivity index (χ3n) is 2.56. The minimum atomic E-state index is 0.654. The molecule has 0 spiro atoms. The van der Waals surface area contributed by atoms with Crippen molar-refractivity contribution in [3.8, 4) is 0 Å². The molecule has 0 fully saturated rings. The molecule has 1 N–H and O–H groups in total. The molecule has 1 aromatic heterocycles. The fraction of sp³-hybridized carbons (Fsp3) is 0.769. The molecule has 3 heteroatoms. The van der Waals surface area contributed by atoms with Crippen LogP contribution in [-0.4, -0.2) is 16.1 Å². The molecule has 1 rings (SSSR count). The minimum absolute atomic E-state index is 0.654. The van der Waals surface area contributed by atoms with Gasteiger partial charge in [-0.15, -0.1) is 0 Å². The topological polar surface area (TPSA) is 29.9 Å². The molecular formula is C13H25N3. The van der Waals surface area contributed by atoms with E-state index in [0.717, 1.165) is 25.0 Å². The van der Waals surface area contributed by atoms with Crippen LogP contribution in [0.2, 0.25) is 0 Å². The van der Waals surface area contributed by atoms with Crippen molar-refractivity contribution in [2.75, 3.05) is 11.9 Å². The van der Waals surface area contributed by atoms with Gasteiger partial charge in [-0.05, 0) is 24.7 Å². The lowest BCUT2D eigenvalue weighted by Crippen LogP contribution is -2.13. The fourth-order valence-electron chi connectivity index (χ4n) is 1.62. The van der Waals surface area contributed by atoms with E-state index < -0.39 is 0 Å². The van der Waals surface area contributed by atoms with E-state index in [1.807, 2.05) is 6.20 Å². The molecule has 0 unspecified atom stereocenters. The molecule has 0 aliphatic heterocycles. The first kappa shape index (κ1) is 13.1. The molecule has 0 saturated heterocycles. The Morgan fingerprint density at radius 3 is 2.62 bits per heavy atom. The summed E-state index contributed by atoms with van der Waals surface area (Å²) in [6, 6.07) is 0. The van der Waals surface area contributed by atoms with Crippen molar-refractivity contribution < 1.29 is 0 Å². The summed E-state index contributed by atoms with van der Waals surface area (Å²) in [6.07, 6.45) is 6.44. The standard InChI is InChI=1S/C13H25N3/c1-11(2)6-5-8-16-9-7-14-13(16)15-10-12(3)4/h7,9,11-12H,5-6,8,10H2,1-4H3,(H,14,15). The molecule has 92 valence electrons. The lowest BCUT2D eigenvalue weighted by Gasteiger charge is -2.11. The number of anilines is 1. The molecule has 3 nitrogen and oxygen atoms in total. The Morgan fingerprint density at radius 2 is 2.00 bits per heavy atom. The quantitative estimate of drug-likeness (QED) is 0.768. The Kier molecular flexibility index (Phi) is 5.36.